The van der Waals surface area contributed by atoms with E-state index in [4.69, 9.17) is 11.2 Å². The first-order valence-electron chi connectivity index (χ1n) is 5.70. The van der Waals surface area contributed by atoms with E-state index in [0.717, 1.165) is 12.8 Å². The minimum absolute atomic E-state index is 0.0285. The van der Waals surface area contributed by atoms with Crippen molar-refractivity contribution in [3.05, 3.63) is 0 Å². The molecule has 0 spiro atoms. The van der Waals surface area contributed by atoms with E-state index in [1.165, 1.54) is 0 Å². The van der Waals surface area contributed by atoms with Gasteiger partial charge in [0.15, 0.2) is 6.10 Å². The van der Waals surface area contributed by atoms with Crippen molar-refractivity contribution in [2.45, 2.75) is 39.7 Å². The van der Waals surface area contributed by atoms with Gasteiger partial charge in [0.25, 0.3) is 0 Å². The summed E-state index contributed by atoms with van der Waals surface area (Å²) in [6.45, 7) is 5.57. The summed E-state index contributed by atoms with van der Waals surface area (Å²) in [6, 6.07) is 0. The van der Waals surface area contributed by atoms with Crippen LogP contribution in [-0.2, 0) is 14.1 Å². The van der Waals surface area contributed by atoms with E-state index in [0.29, 0.717) is 12.3 Å². The van der Waals surface area contributed by atoms with Gasteiger partial charge in [0.2, 0.25) is 0 Å². The SMILES string of the molecule is C#CC(C)OC(=O)CP(=O)(CCC)CCC. The van der Waals surface area contributed by atoms with Gasteiger partial charge in [-0.05, 0) is 19.8 Å². The van der Waals surface area contributed by atoms with Crippen molar-refractivity contribution in [1.29, 1.82) is 0 Å². The van der Waals surface area contributed by atoms with Gasteiger partial charge in [0.05, 0.1) is 13.3 Å². The minimum Gasteiger partial charge on any atom is -0.449 e. The van der Waals surface area contributed by atoms with E-state index in [1.54, 1.807) is 6.92 Å². The number of hydrogen-bond acceptors (Lipinski definition) is 3. The Morgan fingerprint density at radius 1 is 1.38 bits per heavy atom. The molecule has 0 amide bonds. The van der Waals surface area contributed by atoms with Crippen molar-refractivity contribution in [3.8, 4) is 12.3 Å². The van der Waals surface area contributed by atoms with Gasteiger partial charge in [0, 0.05) is 12.3 Å². The van der Waals surface area contributed by atoms with E-state index < -0.39 is 19.2 Å². The molecule has 0 aromatic heterocycles. The molecule has 0 heterocycles. The molecule has 0 aromatic carbocycles. The zero-order valence-corrected chi connectivity index (χ0v) is 11.3. The predicted octanol–water partition coefficient (Wildman–Crippen LogP) is 2.73. The fourth-order valence-corrected chi connectivity index (χ4v) is 4.30. The molecule has 0 saturated heterocycles. The molecular formula is C12H21O3P. The Kier molecular flexibility index (Phi) is 7.17. The average molecular weight is 244 g/mol. The molecule has 0 aliphatic heterocycles. The molecule has 92 valence electrons. The van der Waals surface area contributed by atoms with Crippen LogP contribution < -0.4 is 0 Å². The number of carbonyl (C=O) groups is 1. The van der Waals surface area contributed by atoms with Crippen LogP contribution in [0.4, 0.5) is 0 Å². The Labute approximate surface area is 98.3 Å². The molecule has 0 aliphatic carbocycles. The second-order valence-electron chi connectivity index (χ2n) is 3.96. The second kappa shape index (κ2) is 7.52. The van der Waals surface area contributed by atoms with E-state index in [-0.39, 0.29) is 6.16 Å². The third-order valence-electron chi connectivity index (χ3n) is 2.22. The highest BCUT2D eigenvalue weighted by Gasteiger charge is 2.25. The fraction of sp³-hybridized carbons (Fsp3) is 0.750. The topological polar surface area (TPSA) is 43.4 Å². The molecule has 3 nitrogen and oxygen atoms in total. The van der Waals surface area contributed by atoms with Gasteiger partial charge in [-0.1, -0.05) is 19.8 Å². The number of rotatable bonds is 7. The molecule has 1 atom stereocenters. The van der Waals surface area contributed by atoms with Crippen LogP contribution >= 0.6 is 7.14 Å². The number of esters is 1. The summed E-state index contributed by atoms with van der Waals surface area (Å²) in [5, 5.41) is 0. The standard InChI is InChI=1S/C12H21O3P/c1-5-8-16(14,9-6-2)10-12(13)15-11(4)7-3/h3,11H,5-6,8-10H2,1-2,4H3. The Hall–Kier alpha value is -0.740. The highest BCUT2D eigenvalue weighted by Crippen LogP contribution is 2.46. The maximum Gasteiger partial charge on any atom is 0.314 e. The molecule has 16 heavy (non-hydrogen) atoms. The van der Waals surface area contributed by atoms with E-state index in [2.05, 4.69) is 5.92 Å². The summed E-state index contributed by atoms with van der Waals surface area (Å²) in [5.74, 6) is 1.88. The first kappa shape index (κ1) is 15.3. The smallest absolute Gasteiger partial charge is 0.314 e. The van der Waals surface area contributed by atoms with Crippen LogP contribution in [-0.4, -0.2) is 30.6 Å². The number of carbonyl (C=O) groups excluding carboxylic acids is 1. The van der Waals surface area contributed by atoms with Crippen LogP contribution in [0.1, 0.15) is 33.6 Å². The fourth-order valence-electron chi connectivity index (χ4n) is 1.59. The second-order valence-corrected chi connectivity index (χ2v) is 7.29. The van der Waals surface area contributed by atoms with Gasteiger partial charge in [-0.3, -0.25) is 4.79 Å². The molecule has 4 heteroatoms. The van der Waals surface area contributed by atoms with Crippen molar-refractivity contribution in [2.75, 3.05) is 18.5 Å². The van der Waals surface area contributed by atoms with Crippen molar-refractivity contribution in [2.24, 2.45) is 0 Å². The van der Waals surface area contributed by atoms with Crippen LogP contribution in [0, 0.1) is 12.3 Å². The zero-order valence-electron chi connectivity index (χ0n) is 10.4. The van der Waals surface area contributed by atoms with Crippen LogP contribution in [0.25, 0.3) is 0 Å². The quantitative estimate of drug-likeness (QED) is 0.393. The van der Waals surface area contributed by atoms with E-state index in [9.17, 15) is 9.36 Å². The molecule has 0 saturated carbocycles. The zero-order chi connectivity index (χ0) is 12.6. The largest absolute Gasteiger partial charge is 0.449 e. The number of terminal acetylenes is 1. The lowest BCUT2D eigenvalue weighted by Gasteiger charge is -2.16. The molecule has 0 rings (SSSR count). The highest BCUT2D eigenvalue weighted by molar-refractivity contribution is 7.64. The lowest BCUT2D eigenvalue weighted by molar-refractivity contribution is -0.142. The van der Waals surface area contributed by atoms with Crippen LogP contribution in [0.2, 0.25) is 0 Å². The Morgan fingerprint density at radius 3 is 2.25 bits per heavy atom. The molecule has 0 radical (unpaired) electrons. The molecule has 1 unspecified atom stereocenters. The maximum atomic E-state index is 12.3. The van der Waals surface area contributed by atoms with Gasteiger partial charge in [-0.2, -0.15) is 0 Å². The normalized spacial score (nSPS) is 12.9. The monoisotopic (exact) mass is 244 g/mol. The van der Waals surface area contributed by atoms with Crippen molar-refractivity contribution >= 4 is 13.1 Å². The lowest BCUT2D eigenvalue weighted by Crippen LogP contribution is -2.18. The predicted molar refractivity (Wildman–Crippen MR) is 67.2 cm³/mol. The molecule has 0 aliphatic rings. The third-order valence-corrected chi connectivity index (χ3v) is 5.58. The third kappa shape index (κ3) is 5.98. The van der Waals surface area contributed by atoms with Crippen LogP contribution in [0.15, 0.2) is 0 Å². The molecule has 0 fully saturated rings. The van der Waals surface area contributed by atoms with Crippen molar-refractivity contribution < 1.29 is 14.1 Å². The molecular weight excluding hydrogens is 223 g/mol. The van der Waals surface area contributed by atoms with Crippen LogP contribution in [0.5, 0.6) is 0 Å². The maximum absolute atomic E-state index is 12.3. The van der Waals surface area contributed by atoms with Gasteiger partial charge < -0.3 is 9.30 Å². The molecule has 0 N–H and O–H groups in total. The Morgan fingerprint density at radius 2 is 1.88 bits per heavy atom. The number of ether oxygens (including phenoxy) is 1. The van der Waals surface area contributed by atoms with E-state index in [1.807, 2.05) is 13.8 Å². The van der Waals surface area contributed by atoms with E-state index >= 15 is 0 Å². The summed E-state index contributed by atoms with van der Waals surface area (Å²) >= 11 is 0. The summed E-state index contributed by atoms with van der Waals surface area (Å²) < 4.78 is 17.3. The van der Waals surface area contributed by atoms with Crippen LogP contribution in [0.3, 0.4) is 0 Å². The van der Waals surface area contributed by atoms with Crippen molar-refractivity contribution in [3.63, 3.8) is 0 Å². The van der Waals surface area contributed by atoms with Gasteiger partial charge in [0.1, 0.15) is 0 Å². The average Bonchev–Trinajstić information content (AvgIpc) is 2.17. The highest BCUT2D eigenvalue weighted by atomic mass is 31.2. The summed E-state index contributed by atoms with van der Waals surface area (Å²) in [6.07, 6.45) is 7.48. The first-order valence-corrected chi connectivity index (χ1v) is 7.96. The van der Waals surface area contributed by atoms with Gasteiger partial charge >= 0.3 is 5.97 Å². The number of hydrogen-bond donors (Lipinski definition) is 0. The Bertz CT molecular complexity index is 294. The molecule has 0 bridgehead atoms. The first-order chi connectivity index (χ1) is 7.47. The van der Waals surface area contributed by atoms with Gasteiger partial charge in [-0.25, -0.2) is 0 Å². The lowest BCUT2D eigenvalue weighted by atomic mass is 10.4. The van der Waals surface area contributed by atoms with Gasteiger partial charge in [-0.15, -0.1) is 6.42 Å². The summed E-state index contributed by atoms with van der Waals surface area (Å²) in [7, 11) is -2.39. The molecule has 0 aromatic rings. The Balaban J connectivity index is 4.35. The van der Waals surface area contributed by atoms with Crippen molar-refractivity contribution in [1.82, 2.24) is 0 Å². The minimum atomic E-state index is -2.39. The summed E-state index contributed by atoms with van der Waals surface area (Å²) in [5.41, 5.74) is 0. The summed E-state index contributed by atoms with van der Waals surface area (Å²) in [4.78, 5) is 11.5.